The lowest BCUT2D eigenvalue weighted by Gasteiger charge is -2.04. The number of hydrogen-bond donors (Lipinski definition) is 0. The van der Waals surface area contributed by atoms with E-state index in [9.17, 15) is 10.1 Å². The zero-order valence-corrected chi connectivity index (χ0v) is 9.88. The molecule has 0 radical (unpaired) electrons. The van der Waals surface area contributed by atoms with E-state index in [1.807, 2.05) is 6.92 Å². The van der Waals surface area contributed by atoms with E-state index in [0.29, 0.717) is 17.0 Å². The predicted molar refractivity (Wildman–Crippen MR) is 60.2 cm³/mol. The lowest BCUT2D eigenvalue weighted by molar-refractivity contribution is -0.385. The van der Waals surface area contributed by atoms with Crippen LogP contribution in [0.25, 0.3) is 0 Å². The molecular weight excluding hydrogens is 269 g/mol. The Hall–Kier alpha value is -0.610. The van der Waals surface area contributed by atoms with E-state index in [1.54, 1.807) is 6.07 Å². The van der Waals surface area contributed by atoms with Gasteiger partial charge in [0.05, 0.1) is 4.92 Å². The van der Waals surface area contributed by atoms with Gasteiger partial charge < -0.3 is 0 Å². The Morgan fingerprint density at radius 2 is 2.29 bits per heavy atom. The van der Waals surface area contributed by atoms with Gasteiger partial charge in [-0.1, -0.05) is 34.5 Å². The Kier molecular flexibility index (Phi) is 3.89. The van der Waals surface area contributed by atoms with E-state index in [4.69, 9.17) is 11.6 Å². The predicted octanol–water partition coefficient (Wildman–Crippen LogP) is 3.57. The third kappa shape index (κ3) is 2.96. The van der Waals surface area contributed by atoms with Gasteiger partial charge in [-0.25, -0.2) is 0 Å². The number of nitro benzene ring substituents is 1. The van der Waals surface area contributed by atoms with Gasteiger partial charge in [0.2, 0.25) is 0 Å². The first-order chi connectivity index (χ1) is 6.50. The maximum absolute atomic E-state index is 10.7. The van der Waals surface area contributed by atoms with Crippen LogP contribution in [0.3, 0.4) is 0 Å². The summed E-state index contributed by atoms with van der Waals surface area (Å²) in [7, 11) is 0. The van der Waals surface area contributed by atoms with Crippen LogP contribution in [0.5, 0.6) is 0 Å². The Labute approximate surface area is 95.4 Å². The molecule has 0 fully saturated rings. The number of nitro groups is 1. The van der Waals surface area contributed by atoms with Crippen LogP contribution in [-0.2, 0) is 6.42 Å². The first-order valence-electron chi connectivity index (χ1n) is 4.07. The molecule has 1 aromatic rings. The maximum atomic E-state index is 10.7. The smallest absolute Gasteiger partial charge is 0.258 e. The topological polar surface area (TPSA) is 43.1 Å². The van der Waals surface area contributed by atoms with Crippen molar-refractivity contribution in [1.29, 1.82) is 0 Å². The first-order valence-corrected chi connectivity index (χ1v) is 5.37. The van der Waals surface area contributed by atoms with Crippen molar-refractivity contribution in [2.75, 3.05) is 0 Å². The average Bonchev–Trinajstić information content (AvgIpc) is 2.01. The Morgan fingerprint density at radius 1 is 1.64 bits per heavy atom. The molecule has 0 aliphatic heterocycles. The molecule has 0 saturated carbocycles. The highest BCUT2D eigenvalue weighted by Crippen LogP contribution is 2.25. The standard InChI is InChI=1S/C9H9BrClNO2/c1-6(10)4-7-5-8(11)2-3-9(7)12(13)14/h2-3,5-6H,4H2,1H3. The number of halogens is 2. The number of hydrogen-bond acceptors (Lipinski definition) is 2. The highest BCUT2D eigenvalue weighted by molar-refractivity contribution is 9.09. The van der Waals surface area contributed by atoms with Crippen molar-refractivity contribution in [1.82, 2.24) is 0 Å². The van der Waals surface area contributed by atoms with Crippen LogP contribution in [0.15, 0.2) is 18.2 Å². The van der Waals surface area contributed by atoms with Crippen LogP contribution in [0.4, 0.5) is 5.69 Å². The second-order valence-electron chi connectivity index (χ2n) is 3.02. The third-order valence-electron chi connectivity index (χ3n) is 1.74. The largest absolute Gasteiger partial charge is 0.272 e. The summed E-state index contributed by atoms with van der Waals surface area (Å²) in [5, 5.41) is 11.2. The summed E-state index contributed by atoms with van der Waals surface area (Å²) in [4.78, 5) is 10.5. The fraction of sp³-hybridized carbons (Fsp3) is 0.333. The molecule has 0 heterocycles. The normalized spacial score (nSPS) is 12.5. The van der Waals surface area contributed by atoms with E-state index in [0.717, 1.165) is 0 Å². The lowest BCUT2D eigenvalue weighted by Crippen LogP contribution is -2.01. The summed E-state index contributed by atoms with van der Waals surface area (Å²) in [5.41, 5.74) is 0.785. The van der Waals surface area contributed by atoms with Crippen molar-refractivity contribution >= 4 is 33.2 Å². The molecule has 76 valence electrons. The van der Waals surface area contributed by atoms with Crippen LogP contribution in [0.2, 0.25) is 5.02 Å². The molecule has 0 bridgehead atoms. The average molecular weight is 279 g/mol. The molecular formula is C9H9BrClNO2. The van der Waals surface area contributed by atoms with Gasteiger partial charge in [0.15, 0.2) is 0 Å². The third-order valence-corrected chi connectivity index (χ3v) is 2.30. The van der Waals surface area contributed by atoms with Gasteiger partial charge in [-0.05, 0) is 18.6 Å². The molecule has 1 atom stereocenters. The van der Waals surface area contributed by atoms with Gasteiger partial charge in [0.1, 0.15) is 0 Å². The summed E-state index contributed by atoms with van der Waals surface area (Å²) in [5.74, 6) is 0. The molecule has 1 unspecified atom stereocenters. The Morgan fingerprint density at radius 3 is 2.79 bits per heavy atom. The molecule has 1 rings (SSSR count). The van der Waals surface area contributed by atoms with Gasteiger partial charge in [0.25, 0.3) is 5.69 Å². The Balaban J connectivity index is 3.09. The van der Waals surface area contributed by atoms with E-state index in [2.05, 4.69) is 15.9 Å². The molecule has 0 N–H and O–H groups in total. The molecule has 14 heavy (non-hydrogen) atoms. The lowest BCUT2D eigenvalue weighted by atomic mass is 10.1. The number of rotatable bonds is 3. The first kappa shape index (κ1) is 11.5. The van der Waals surface area contributed by atoms with Crippen molar-refractivity contribution in [3.63, 3.8) is 0 Å². The molecule has 5 heteroatoms. The molecule has 0 aliphatic rings. The fourth-order valence-corrected chi connectivity index (χ4v) is 1.74. The van der Waals surface area contributed by atoms with Gasteiger partial charge in [-0.15, -0.1) is 0 Å². The fourth-order valence-electron chi connectivity index (χ4n) is 1.20. The molecule has 0 aliphatic carbocycles. The van der Waals surface area contributed by atoms with E-state index in [-0.39, 0.29) is 15.4 Å². The highest BCUT2D eigenvalue weighted by atomic mass is 79.9. The zero-order valence-electron chi connectivity index (χ0n) is 7.54. The molecule has 0 aromatic heterocycles. The maximum Gasteiger partial charge on any atom is 0.272 e. The van der Waals surface area contributed by atoms with Crippen LogP contribution < -0.4 is 0 Å². The van der Waals surface area contributed by atoms with Crippen molar-refractivity contribution in [3.8, 4) is 0 Å². The minimum atomic E-state index is -0.388. The molecule has 0 saturated heterocycles. The summed E-state index contributed by atoms with van der Waals surface area (Å²) in [6.07, 6.45) is 0.594. The van der Waals surface area contributed by atoms with Crippen LogP contribution in [0.1, 0.15) is 12.5 Å². The summed E-state index contributed by atoms with van der Waals surface area (Å²) in [6, 6.07) is 4.60. The summed E-state index contributed by atoms with van der Waals surface area (Å²) < 4.78 is 0. The van der Waals surface area contributed by atoms with Crippen LogP contribution >= 0.6 is 27.5 Å². The number of alkyl halides is 1. The summed E-state index contributed by atoms with van der Waals surface area (Å²) >= 11 is 9.12. The quantitative estimate of drug-likeness (QED) is 0.482. The van der Waals surface area contributed by atoms with E-state index >= 15 is 0 Å². The van der Waals surface area contributed by atoms with Gasteiger partial charge in [-0.3, -0.25) is 10.1 Å². The molecule has 1 aromatic carbocycles. The van der Waals surface area contributed by atoms with Crippen molar-refractivity contribution in [3.05, 3.63) is 38.9 Å². The summed E-state index contributed by atoms with van der Waals surface area (Å²) in [6.45, 7) is 1.94. The van der Waals surface area contributed by atoms with Gasteiger partial charge in [-0.2, -0.15) is 0 Å². The Bertz CT molecular complexity index is 355. The minimum absolute atomic E-state index is 0.126. The van der Waals surface area contributed by atoms with E-state index < -0.39 is 0 Å². The highest BCUT2D eigenvalue weighted by Gasteiger charge is 2.14. The van der Waals surface area contributed by atoms with Crippen molar-refractivity contribution in [2.24, 2.45) is 0 Å². The van der Waals surface area contributed by atoms with Crippen LogP contribution in [-0.4, -0.2) is 9.75 Å². The second kappa shape index (κ2) is 4.75. The SMILES string of the molecule is CC(Br)Cc1cc(Cl)ccc1[N+](=O)[O-]. The minimum Gasteiger partial charge on any atom is -0.258 e. The zero-order chi connectivity index (χ0) is 10.7. The number of nitrogens with zero attached hydrogens (tertiary/aromatic N) is 1. The van der Waals surface area contributed by atoms with E-state index in [1.165, 1.54) is 12.1 Å². The second-order valence-corrected chi connectivity index (χ2v) is 5.01. The van der Waals surface area contributed by atoms with Gasteiger partial charge in [0, 0.05) is 21.5 Å². The molecule has 0 spiro atoms. The van der Waals surface area contributed by atoms with Gasteiger partial charge >= 0.3 is 0 Å². The molecule has 0 amide bonds. The monoisotopic (exact) mass is 277 g/mol. The number of benzene rings is 1. The van der Waals surface area contributed by atoms with Crippen molar-refractivity contribution < 1.29 is 4.92 Å². The van der Waals surface area contributed by atoms with Crippen LogP contribution in [0, 0.1) is 10.1 Å². The molecule has 3 nitrogen and oxygen atoms in total. The van der Waals surface area contributed by atoms with Crippen molar-refractivity contribution in [2.45, 2.75) is 18.2 Å².